The number of benzene rings is 3. The molecule has 4 rings (SSSR count). The van der Waals surface area contributed by atoms with Gasteiger partial charge in [-0.1, -0.05) is 74.5 Å². The number of halogens is 1. The van der Waals surface area contributed by atoms with Crippen molar-refractivity contribution in [3.8, 4) is 11.1 Å². The number of amides is 5. The second-order valence-corrected chi connectivity index (χ2v) is 15.8. The highest BCUT2D eigenvalue weighted by Crippen LogP contribution is 2.44. The molecule has 0 aliphatic heterocycles. The molecule has 3 aromatic carbocycles. The fraction of sp³-hybridized carbons (Fsp3) is 0.395. The second kappa shape index (κ2) is 23.6. The number of rotatable bonds is 21. The van der Waals surface area contributed by atoms with Gasteiger partial charge < -0.3 is 46.3 Å². The maximum atomic E-state index is 13.7. The zero-order chi connectivity index (χ0) is 44.5. The number of hydrogen-bond acceptors (Lipinski definition) is 10. The zero-order valence-corrected chi connectivity index (χ0v) is 36.4. The van der Waals surface area contributed by atoms with E-state index in [1.54, 1.807) is 74.6 Å². The quantitative estimate of drug-likeness (QED) is 0.00990. The summed E-state index contributed by atoms with van der Waals surface area (Å²) in [6.07, 6.45) is -1.34. The van der Waals surface area contributed by atoms with E-state index in [2.05, 4.69) is 31.4 Å². The van der Waals surface area contributed by atoms with Gasteiger partial charge in [0, 0.05) is 47.2 Å². The second-order valence-electron chi connectivity index (χ2n) is 14.8. The number of ether oxygens (including phenoxy) is 3. The predicted octanol–water partition coefficient (Wildman–Crippen LogP) is 5.79. The number of fused-ring (bicyclic) bond motifs is 3. The summed E-state index contributed by atoms with van der Waals surface area (Å²) in [5.41, 5.74) is 13.7. The summed E-state index contributed by atoms with van der Waals surface area (Å²) < 4.78 is 15.8. The van der Waals surface area contributed by atoms with Gasteiger partial charge in [-0.2, -0.15) is 4.79 Å². The first-order valence-electron chi connectivity index (χ1n) is 19.8. The molecule has 0 heterocycles. The molecule has 0 saturated carbocycles. The van der Waals surface area contributed by atoms with E-state index in [9.17, 15) is 33.6 Å². The van der Waals surface area contributed by atoms with Crippen molar-refractivity contribution in [3.63, 3.8) is 0 Å². The molecule has 1 aliphatic rings. The molecular formula is C43H50IN7O10. The van der Waals surface area contributed by atoms with Crippen LogP contribution in [0, 0.1) is 5.92 Å². The van der Waals surface area contributed by atoms with Crippen LogP contribution in [0.15, 0.2) is 72.8 Å². The van der Waals surface area contributed by atoms with Gasteiger partial charge in [0.25, 0.3) is 3.91 Å². The van der Waals surface area contributed by atoms with Crippen molar-refractivity contribution in [1.82, 2.24) is 21.3 Å². The lowest BCUT2D eigenvalue weighted by Crippen LogP contribution is -2.54. The van der Waals surface area contributed by atoms with Gasteiger partial charge in [-0.05, 0) is 79.0 Å². The predicted molar refractivity (Wildman–Crippen MR) is 233 cm³/mol. The van der Waals surface area contributed by atoms with Crippen LogP contribution in [-0.2, 0) is 40.0 Å². The van der Waals surface area contributed by atoms with E-state index in [1.807, 2.05) is 48.5 Å². The van der Waals surface area contributed by atoms with Gasteiger partial charge >= 0.3 is 24.4 Å². The smallest absolute Gasteiger partial charge is 0.408 e. The molecular weight excluding hydrogens is 901 g/mol. The van der Waals surface area contributed by atoms with E-state index in [4.69, 9.17) is 19.7 Å². The number of alkyl carbamates (subject to hydrolysis) is 2. The highest BCUT2D eigenvalue weighted by Gasteiger charge is 2.32. The van der Waals surface area contributed by atoms with Crippen molar-refractivity contribution >= 4 is 74.2 Å². The van der Waals surface area contributed by atoms with Crippen LogP contribution in [0.2, 0.25) is 0 Å². The fourth-order valence-electron chi connectivity index (χ4n) is 6.55. The van der Waals surface area contributed by atoms with Crippen molar-refractivity contribution in [3.05, 3.63) is 95.0 Å². The molecule has 17 nitrogen and oxygen atoms in total. The largest absolute Gasteiger partial charge is 0.461 e. The maximum Gasteiger partial charge on any atom is 0.408 e. The molecule has 3 aromatic rings. The Labute approximate surface area is 367 Å². The van der Waals surface area contributed by atoms with Crippen molar-refractivity contribution < 1.29 is 52.6 Å². The molecule has 3 atom stereocenters. The monoisotopic (exact) mass is 951 g/mol. The highest BCUT2D eigenvalue weighted by molar-refractivity contribution is 14.1. The lowest BCUT2D eigenvalue weighted by atomic mass is 9.98. The molecule has 0 radical (unpaired) electrons. The van der Waals surface area contributed by atoms with E-state index in [0.29, 0.717) is 23.9 Å². The Bertz CT molecular complexity index is 2060. The number of nitrogens with one attached hydrogen (secondary N) is 5. The molecule has 0 saturated heterocycles. The summed E-state index contributed by atoms with van der Waals surface area (Å²) in [4.78, 5) is 91.5. The van der Waals surface area contributed by atoms with E-state index in [-0.39, 0.29) is 54.8 Å². The van der Waals surface area contributed by atoms with Gasteiger partial charge in [0.2, 0.25) is 17.6 Å². The van der Waals surface area contributed by atoms with Crippen LogP contribution in [0.5, 0.6) is 0 Å². The fourth-order valence-corrected chi connectivity index (χ4v) is 6.82. The maximum absolute atomic E-state index is 13.7. The van der Waals surface area contributed by atoms with E-state index < -0.39 is 60.0 Å². The molecule has 5 N–H and O–H groups in total. The Morgan fingerprint density at radius 2 is 1.39 bits per heavy atom. The van der Waals surface area contributed by atoms with Crippen LogP contribution in [0.25, 0.3) is 16.7 Å². The number of anilines is 1. The summed E-state index contributed by atoms with van der Waals surface area (Å²) in [5.74, 6) is -3.03. The molecule has 0 aromatic heterocycles. The van der Waals surface area contributed by atoms with Crippen LogP contribution in [-0.4, -0.2) is 88.1 Å². The third-order valence-electron chi connectivity index (χ3n) is 9.53. The molecule has 5 amide bonds. The normalized spacial score (nSPS) is 13.0. The Hall–Kier alpha value is -6.14. The molecule has 324 valence electrons. The first kappa shape index (κ1) is 47.5. The number of Topliss-reactive ketones (excluding diaryl/α,β-unsaturated/α-hetero) is 1. The lowest BCUT2D eigenvalue weighted by molar-refractivity contribution is -0.150. The van der Waals surface area contributed by atoms with Crippen LogP contribution in [0.3, 0.4) is 0 Å². The summed E-state index contributed by atoms with van der Waals surface area (Å²) in [7, 11) is 0. The number of nitrogens with zero attached hydrogens (tertiary/aromatic N) is 2. The van der Waals surface area contributed by atoms with Gasteiger partial charge in [-0.3, -0.25) is 19.2 Å². The van der Waals surface area contributed by atoms with Crippen LogP contribution < -0.4 is 26.6 Å². The van der Waals surface area contributed by atoms with Crippen LogP contribution >= 0.6 is 22.6 Å². The molecule has 0 bridgehead atoms. The Balaban J connectivity index is 1.34. The molecule has 0 fully saturated rings. The summed E-state index contributed by atoms with van der Waals surface area (Å²) >= 11 is 1.60. The van der Waals surface area contributed by atoms with Crippen molar-refractivity contribution in [2.45, 2.75) is 90.1 Å². The minimum atomic E-state index is -1.20. The number of ketones is 1. The number of carbonyl (C=O) groups is 7. The average molecular weight is 952 g/mol. The molecule has 61 heavy (non-hydrogen) atoms. The van der Waals surface area contributed by atoms with Gasteiger partial charge in [-0.25, -0.2) is 14.4 Å². The topological polar surface area (TPSA) is 244 Å². The first-order chi connectivity index (χ1) is 29.2. The number of carbonyl (C=O) groups excluding carboxylic acids is 7. The molecule has 0 spiro atoms. The Kier molecular flexibility index (Phi) is 18.4. The third-order valence-corrected chi connectivity index (χ3v) is 9.92. The standard InChI is InChI=1S/C43H50IN7O10/c1-25(2)37(51-43(58)60-24-34-32-12-7-5-10-30(32)31-11-6-8-13-33(31)34)39(54)49-35(14-9-21-46-41(44)56)38(53)48-28-17-15-27(16-18-28)23-59-42(57)50-36(40(55)61-26(3)4)20-19-29(52)22-47-45/h5-8,10-13,15-18,22,25-26,34-37H,9,14,19-21,23-24H2,1-4H3,(H,46,56)(H,48,53)(H,49,54)(H,50,57)(H,51,58)/t35-,36-,37-/m0/s1. The van der Waals surface area contributed by atoms with Gasteiger partial charge in [-0.15, -0.1) is 0 Å². The molecule has 0 unspecified atom stereocenters. The zero-order valence-electron chi connectivity index (χ0n) is 34.3. The Morgan fingerprint density at radius 3 is 1.98 bits per heavy atom. The van der Waals surface area contributed by atoms with Gasteiger partial charge in [0.1, 0.15) is 31.3 Å². The average Bonchev–Trinajstić information content (AvgIpc) is 3.54. The Morgan fingerprint density at radius 1 is 0.770 bits per heavy atom. The van der Waals surface area contributed by atoms with Crippen LogP contribution in [0.4, 0.5) is 20.1 Å². The van der Waals surface area contributed by atoms with Crippen molar-refractivity contribution in [2.24, 2.45) is 5.92 Å². The van der Waals surface area contributed by atoms with Crippen LogP contribution in [0.1, 0.15) is 76.0 Å². The third kappa shape index (κ3) is 14.8. The van der Waals surface area contributed by atoms with Crippen molar-refractivity contribution in [2.75, 3.05) is 18.5 Å². The molecule has 1 aliphatic carbocycles. The SMILES string of the molecule is CC(C)OC(=O)[C@H](CCC(=O)C=[N+]=[N-])NC(=O)OCc1ccc(NC(=O)[C@H](CCCNC(=O)I)NC(=O)[C@@H](NC(=O)OCC2c3ccccc3-c3ccccc32)C(C)C)cc1. The highest BCUT2D eigenvalue weighted by atomic mass is 127. The summed E-state index contributed by atoms with van der Waals surface area (Å²) in [6.45, 7) is 6.87. The van der Waals surface area contributed by atoms with Gasteiger partial charge in [0.05, 0.1) is 6.10 Å². The lowest BCUT2D eigenvalue weighted by Gasteiger charge is -2.25. The van der Waals surface area contributed by atoms with E-state index in [0.717, 1.165) is 22.3 Å². The minimum Gasteiger partial charge on any atom is -0.461 e. The van der Waals surface area contributed by atoms with E-state index in [1.165, 1.54) is 0 Å². The van der Waals surface area contributed by atoms with E-state index >= 15 is 0 Å². The summed E-state index contributed by atoms with van der Waals surface area (Å²) in [5, 5.41) is 13.3. The minimum absolute atomic E-state index is 0.0552. The first-order valence-corrected chi connectivity index (χ1v) is 20.8. The number of hydrogen-bond donors (Lipinski definition) is 5. The molecule has 18 heteroatoms. The van der Waals surface area contributed by atoms with Crippen molar-refractivity contribution in [1.29, 1.82) is 0 Å². The number of esters is 1. The summed E-state index contributed by atoms with van der Waals surface area (Å²) in [6, 6.07) is 18.9. The van der Waals surface area contributed by atoms with Gasteiger partial charge in [0.15, 0.2) is 0 Å².